The van der Waals surface area contributed by atoms with Crippen molar-refractivity contribution < 1.29 is 9.53 Å². The number of nitrogens with zero attached hydrogens (tertiary/aromatic N) is 1. The van der Waals surface area contributed by atoms with Crippen molar-refractivity contribution in [3.63, 3.8) is 0 Å². The summed E-state index contributed by atoms with van der Waals surface area (Å²) in [6.07, 6.45) is 2.84. The Bertz CT molecular complexity index is 473. The summed E-state index contributed by atoms with van der Waals surface area (Å²) in [5.41, 5.74) is 0.985. The minimum Gasteiger partial charge on any atom is -0.444 e. The molecule has 3 nitrogen and oxygen atoms in total. The van der Waals surface area contributed by atoms with Crippen molar-refractivity contribution in [1.82, 2.24) is 4.90 Å². The average Bonchev–Trinajstić information content (AvgIpc) is 2.64. The van der Waals surface area contributed by atoms with Crippen molar-refractivity contribution in [1.29, 1.82) is 0 Å². The number of carbonyl (C=O) groups excluding carboxylic acids is 1. The monoisotopic (exact) mass is 281 g/mol. The molecule has 1 aliphatic rings. The van der Waals surface area contributed by atoms with E-state index in [0.717, 1.165) is 19.3 Å². The Morgan fingerprint density at radius 1 is 1.47 bits per heavy atom. The summed E-state index contributed by atoms with van der Waals surface area (Å²) in [6, 6.07) is 2.52. The van der Waals surface area contributed by atoms with Crippen LogP contribution >= 0.6 is 11.3 Å². The van der Waals surface area contributed by atoms with Crippen LogP contribution in [0.2, 0.25) is 0 Å². The van der Waals surface area contributed by atoms with Gasteiger partial charge in [-0.2, -0.15) is 0 Å². The number of hydrogen-bond acceptors (Lipinski definition) is 3. The first kappa shape index (κ1) is 14.4. The van der Waals surface area contributed by atoms with Crippen molar-refractivity contribution in [3.05, 3.63) is 21.4 Å². The van der Waals surface area contributed by atoms with Gasteiger partial charge >= 0.3 is 6.09 Å². The third kappa shape index (κ3) is 3.50. The molecule has 4 heteroatoms. The van der Waals surface area contributed by atoms with Gasteiger partial charge in [-0.25, -0.2) is 4.79 Å². The zero-order valence-electron chi connectivity index (χ0n) is 12.4. The van der Waals surface area contributed by atoms with Gasteiger partial charge in [0.25, 0.3) is 0 Å². The van der Waals surface area contributed by atoms with Crippen molar-refractivity contribution in [2.24, 2.45) is 0 Å². The van der Waals surface area contributed by atoms with Crippen LogP contribution in [0, 0.1) is 6.92 Å². The fraction of sp³-hybridized carbons (Fsp3) is 0.667. The van der Waals surface area contributed by atoms with Gasteiger partial charge in [-0.05, 0) is 58.6 Å². The molecular weight excluding hydrogens is 258 g/mol. The van der Waals surface area contributed by atoms with Gasteiger partial charge in [0.2, 0.25) is 0 Å². The summed E-state index contributed by atoms with van der Waals surface area (Å²) in [5, 5.41) is 0. The van der Waals surface area contributed by atoms with Crippen molar-refractivity contribution in [2.75, 3.05) is 7.05 Å². The predicted molar refractivity (Wildman–Crippen MR) is 78.9 cm³/mol. The minimum absolute atomic E-state index is 0.215. The van der Waals surface area contributed by atoms with Crippen LogP contribution in [-0.2, 0) is 17.6 Å². The van der Waals surface area contributed by atoms with Crippen LogP contribution in [-0.4, -0.2) is 29.7 Å². The number of hydrogen-bond donors (Lipinski definition) is 0. The second-order valence-electron chi connectivity index (χ2n) is 6.29. The second-order valence-corrected chi connectivity index (χ2v) is 7.63. The molecule has 1 amide bonds. The van der Waals surface area contributed by atoms with Gasteiger partial charge in [-0.1, -0.05) is 0 Å². The maximum atomic E-state index is 12.1. The molecule has 19 heavy (non-hydrogen) atoms. The molecular formula is C15H23NO2S. The smallest absolute Gasteiger partial charge is 0.410 e. The summed E-state index contributed by atoms with van der Waals surface area (Å²) < 4.78 is 5.44. The lowest BCUT2D eigenvalue weighted by atomic mass is 9.93. The van der Waals surface area contributed by atoms with Crippen molar-refractivity contribution in [3.8, 4) is 0 Å². The normalized spacial score (nSPS) is 18.9. The quantitative estimate of drug-likeness (QED) is 0.784. The topological polar surface area (TPSA) is 29.5 Å². The van der Waals surface area contributed by atoms with Gasteiger partial charge in [0, 0.05) is 22.8 Å². The van der Waals surface area contributed by atoms with Crippen molar-refractivity contribution in [2.45, 2.75) is 58.6 Å². The van der Waals surface area contributed by atoms with E-state index in [9.17, 15) is 4.79 Å². The molecule has 106 valence electrons. The zero-order valence-corrected chi connectivity index (χ0v) is 13.3. The Morgan fingerprint density at radius 3 is 2.79 bits per heavy atom. The first-order chi connectivity index (χ1) is 8.76. The molecule has 0 aromatic carbocycles. The summed E-state index contributed by atoms with van der Waals surface area (Å²) in [4.78, 5) is 16.7. The van der Waals surface area contributed by atoms with E-state index in [1.807, 2.05) is 39.2 Å². The van der Waals surface area contributed by atoms with E-state index >= 15 is 0 Å². The molecule has 1 aromatic rings. The molecule has 1 aromatic heterocycles. The lowest BCUT2D eigenvalue weighted by molar-refractivity contribution is 0.0210. The van der Waals surface area contributed by atoms with E-state index in [-0.39, 0.29) is 12.1 Å². The Kier molecular flexibility index (Phi) is 3.90. The van der Waals surface area contributed by atoms with Crippen molar-refractivity contribution >= 4 is 17.4 Å². The highest BCUT2D eigenvalue weighted by Crippen LogP contribution is 2.31. The lowest BCUT2D eigenvalue weighted by Gasteiger charge is -2.32. The number of carbonyl (C=O) groups is 1. The lowest BCUT2D eigenvalue weighted by Crippen LogP contribution is -2.43. The summed E-state index contributed by atoms with van der Waals surface area (Å²) >= 11 is 1.89. The molecule has 0 aliphatic heterocycles. The number of aryl methyl sites for hydroxylation is 2. The standard InChI is InChI=1S/C15H23NO2S/c1-10-8-11-9-12(6-7-13(11)19-10)16(5)14(17)18-15(2,3)4/h8,12H,6-7,9H2,1-5H3. The summed E-state index contributed by atoms with van der Waals surface area (Å²) in [7, 11) is 1.85. The first-order valence-electron chi connectivity index (χ1n) is 6.80. The Balaban J connectivity index is 2.02. The second kappa shape index (κ2) is 5.16. The van der Waals surface area contributed by atoms with Gasteiger partial charge < -0.3 is 9.64 Å². The molecule has 2 rings (SSSR count). The van der Waals surface area contributed by atoms with E-state index in [1.54, 1.807) is 4.90 Å². The molecule has 0 saturated heterocycles. The number of thiophene rings is 1. The maximum Gasteiger partial charge on any atom is 0.410 e. The SMILES string of the molecule is Cc1cc2c(s1)CCC(N(C)C(=O)OC(C)(C)C)C2. The first-order valence-corrected chi connectivity index (χ1v) is 7.62. The number of fused-ring (bicyclic) bond motifs is 1. The predicted octanol–water partition coefficient (Wildman–Crippen LogP) is 3.78. The van der Waals surface area contributed by atoms with Gasteiger partial charge in [0.05, 0.1) is 0 Å². The maximum absolute atomic E-state index is 12.1. The minimum atomic E-state index is -0.426. The van der Waals surface area contributed by atoms with Gasteiger partial charge in [-0.15, -0.1) is 11.3 Å². The number of likely N-dealkylation sites (N-methyl/N-ethyl adjacent to an activating group) is 1. The average molecular weight is 281 g/mol. The van der Waals surface area contributed by atoms with E-state index < -0.39 is 5.60 Å². The van der Waals surface area contributed by atoms with Crippen LogP contribution in [0.4, 0.5) is 4.79 Å². The highest BCUT2D eigenvalue weighted by molar-refractivity contribution is 7.12. The summed E-state index contributed by atoms with van der Waals surface area (Å²) in [5.74, 6) is 0. The fourth-order valence-electron chi connectivity index (χ4n) is 2.47. The molecule has 0 radical (unpaired) electrons. The largest absolute Gasteiger partial charge is 0.444 e. The van der Waals surface area contributed by atoms with Crippen LogP contribution in [0.15, 0.2) is 6.07 Å². The Morgan fingerprint density at radius 2 is 2.16 bits per heavy atom. The highest BCUT2D eigenvalue weighted by Gasteiger charge is 2.29. The van der Waals surface area contributed by atoms with E-state index in [2.05, 4.69) is 13.0 Å². The van der Waals surface area contributed by atoms with Gasteiger partial charge in [0.1, 0.15) is 5.60 Å². The Hall–Kier alpha value is -1.03. The molecule has 1 aliphatic carbocycles. The van der Waals surface area contributed by atoms with Crippen LogP contribution in [0.3, 0.4) is 0 Å². The van der Waals surface area contributed by atoms with Crippen LogP contribution in [0.25, 0.3) is 0 Å². The van der Waals surface area contributed by atoms with E-state index in [4.69, 9.17) is 4.74 Å². The zero-order chi connectivity index (χ0) is 14.2. The number of amides is 1. The Labute approximate surface area is 119 Å². The third-order valence-corrected chi connectivity index (χ3v) is 4.56. The van der Waals surface area contributed by atoms with Gasteiger partial charge in [0.15, 0.2) is 0 Å². The van der Waals surface area contributed by atoms with Gasteiger partial charge in [-0.3, -0.25) is 0 Å². The molecule has 0 N–H and O–H groups in total. The molecule has 1 atom stereocenters. The molecule has 0 fully saturated rings. The number of ether oxygens (including phenoxy) is 1. The molecule has 1 unspecified atom stereocenters. The van der Waals surface area contributed by atoms with E-state index in [1.165, 1.54) is 15.3 Å². The fourth-order valence-corrected chi connectivity index (χ4v) is 3.55. The van der Waals surface area contributed by atoms with Crippen LogP contribution in [0.5, 0.6) is 0 Å². The molecule has 1 heterocycles. The third-order valence-electron chi connectivity index (χ3n) is 3.41. The molecule has 0 spiro atoms. The van der Waals surface area contributed by atoms with Crippen LogP contribution in [0.1, 0.15) is 42.5 Å². The van der Waals surface area contributed by atoms with Crippen LogP contribution < -0.4 is 0 Å². The van der Waals surface area contributed by atoms with E-state index in [0.29, 0.717) is 0 Å². The molecule has 0 saturated carbocycles. The highest BCUT2D eigenvalue weighted by atomic mass is 32.1. The summed E-state index contributed by atoms with van der Waals surface area (Å²) in [6.45, 7) is 7.86. The molecule has 0 bridgehead atoms. The number of rotatable bonds is 1.